The maximum absolute atomic E-state index is 12.9. The fourth-order valence-corrected chi connectivity index (χ4v) is 4.94. The van der Waals surface area contributed by atoms with Crippen molar-refractivity contribution in [3.63, 3.8) is 0 Å². The first-order chi connectivity index (χ1) is 12.4. The van der Waals surface area contributed by atoms with Crippen molar-refractivity contribution in [1.29, 1.82) is 0 Å². The van der Waals surface area contributed by atoms with Gasteiger partial charge in [0, 0.05) is 37.5 Å². The second-order valence-electron chi connectivity index (χ2n) is 6.18. The number of sulfonamides is 1. The fraction of sp³-hybridized carbons (Fsp3) is 0.438. The average Bonchev–Trinajstić information content (AvgIpc) is 3.22. The molecule has 1 aromatic heterocycles. The second kappa shape index (κ2) is 6.73. The Morgan fingerprint density at radius 2 is 1.96 bits per heavy atom. The maximum atomic E-state index is 12.9. The third-order valence-corrected chi connectivity index (χ3v) is 6.29. The van der Waals surface area contributed by atoms with Gasteiger partial charge in [0.05, 0.1) is 17.3 Å². The molecule has 2 aromatic rings. The number of aryl methyl sites for hydroxylation is 1. The van der Waals surface area contributed by atoms with E-state index < -0.39 is 22.2 Å². The molecule has 0 unspecified atom stereocenters. The summed E-state index contributed by atoms with van der Waals surface area (Å²) in [6.07, 6.45) is 3.65. The SMILES string of the molecule is Cn1cc([C@H]2OCC[C@@H]2NS(=O)(=O)c2cc3c(cc2Cl)OCCO3)cn1. The molecule has 0 aliphatic carbocycles. The normalized spacial score (nSPS) is 22.5. The van der Waals surface area contributed by atoms with Crippen molar-refractivity contribution in [2.45, 2.75) is 23.5 Å². The lowest BCUT2D eigenvalue weighted by molar-refractivity contribution is 0.102. The molecule has 0 amide bonds. The third kappa shape index (κ3) is 3.27. The number of nitrogens with one attached hydrogen (secondary N) is 1. The first-order valence-electron chi connectivity index (χ1n) is 8.16. The van der Waals surface area contributed by atoms with Crippen LogP contribution in [-0.4, -0.2) is 44.1 Å². The van der Waals surface area contributed by atoms with Gasteiger partial charge in [-0.05, 0) is 6.42 Å². The van der Waals surface area contributed by atoms with Gasteiger partial charge in [0.1, 0.15) is 24.2 Å². The molecule has 1 fully saturated rings. The van der Waals surface area contributed by atoms with Crippen LogP contribution in [0.25, 0.3) is 0 Å². The summed E-state index contributed by atoms with van der Waals surface area (Å²) in [5.74, 6) is 0.810. The largest absolute Gasteiger partial charge is 0.486 e. The number of fused-ring (bicyclic) bond motifs is 1. The number of ether oxygens (including phenoxy) is 3. The fourth-order valence-electron chi connectivity index (χ4n) is 3.14. The number of nitrogens with zero attached hydrogens (tertiary/aromatic N) is 2. The zero-order valence-corrected chi connectivity index (χ0v) is 15.6. The van der Waals surface area contributed by atoms with E-state index >= 15 is 0 Å². The van der Waals surface area contributed by atoms with Gasteiger partial charge in [-0.3, -0.25) is 4.68 Å². The zero-order valence-electron chi connectivity index (χ0n) is 14.0. The monoisotopic (exact) mass is 399 g/mol. The lowest BCUT2D eigenvalue weighted by Crippen LogP contribution is -2.37. The van der Waals surface area contributed by atoms with Crippen molar-refractivity contribution in [3.05, 3.63) is 35.1 Å². The van der Waals surface area contributed by atoms with E-state index in [1.807, 2.05) is 6.20 Å². The molecule has 0 saturated carbocycles. The van der Waals surface area contributed by atoms with E-state index in [2.05, 4.69) is 9.82 Å². The highest BCUT2D eigenvalue weighted by Gasteiger charge is 2.35. The van der Waals surface area contributed by atoms with E-state index in [-0.39, 0.29) is 9.92 Å². The number of hydrogen-bond donors (Lipinski definition) is 1. The van der Waals surface area contributed by atoms with Gasteiger partial charge in [-0.15, -0.1) is 0 Å². The van der Waals surface area contributed by atoms with Crippen LogP contribution in [0.4, 0.5) is 0 Å². The standard InChI is InChI=1S/C16H18ClN3O5S/c1-20-9-10(8-18-20)16-12(2-3-25-16)19-26(21,22)15-7-14-13(6-11(15)17)23-4-5-24-14/h6-9,12,16,19H,2-5H2,1H3/t12-,16+/m0/s1. The number of rotatable bonds is 4. The van der Waals surface area contributed by atoms with Crippen molar-refractivity contribution in [3.8, 4) is 11.5 Å². The molecule has 26 heavy (non-hydrogen) atoms. The van der Waals surface area contributed by atoms with Gasteiger partial charge < -0.3 is 14.2 Å². The quantitative estimate of drug-likeness (QED) is 0.840. The van der Waals surface area contributed by atoms with Crippen LogP contribution in [0.15, 0.2) is 29.4 Å². The highest BCUT2D eigenvalue weighted by Crippen LogP contribution is 2.38. The Bertz CT molecular complexity index is 930. The molecule has 0 spiro atoms. The van der Waals surface area contributed by atoms with Gasteiger partial charge in [-0.1, -0.05) is 11.6 Å². The van der Waals surface area contributed by atoms with E-state index in [0.29, 0.717) is 37.7 Å². The molecule has 0 bridgehead atoms. The Hall–Kier alpha value is -1.81. The van der Waals surface area contributed by atoms with Crippen LogP contribution in [0.1, 0.15) is 18.1 Å². The van der Waals surface area contributed by atoms with Crippen LogP contribution in [0.3, 0.4) is 0 Å². The Morgan fingerprint density at radius 1 is 1.23 bits per heavy atom. The van der Waals surface area contributed by atoms with E-state index in [1.54, 1.807) is 17.9 Å². The zero-order chi connectivity index (χ0) is 18.3. The van der Waals surface area contributed by atoms with Crippen LogP contribution in [0.5, 0.6) is 11.5 Å². The minimum absolute atomic E-state index is 0.0414. The molecule has 2 aliphatic heterocycles. The second-order valence-corrected chi connectivity index (χ2v) is 8.27. The first kappa shape index (κ1) is 17.6. The lowest BCUT2D eigenvalue weighted by atomic mass is 10.1. The number of halogens is 1. The summed E-state index contributed by atoms with van der Waals surface area (Å²) in [6, 6.07) is 2.45. The smallest absolute Gasteiger partial charge is 0.242 e. The van der Waals surface area contributed by atoms with Gasteiger partial charge in [0.15, 0.2) is 11.5 Å². The van der Waals surface area contributed by atoms with Crippen molar-refractivity contribution in [2.75, 3.05) is 19.8 Å². The molecule has 1 saturated heterocycles. The molecule has 3 heterocycles. The predicted octanol–water partition coefficient (Wildman–Crippen LogP) is 1.65. The summed E-state index contributed by atoms with van der Waals surface area (Å²) >= 11 is 6.19. The van der Waals surface area contributed by atoms with Gasteiger partial charge in [-0.2, -0.15) is 5.10 Å². The molecule has 1 N–H and O–H groups in total. The minimum Gasteiger partial charge on any atom is -0.486 e. The Kier molecular flexibility index (Phi) is 4.55. The first-order valence-corrected chi connectivity index (χ1v) is 10.0. The molecule has 8 nitrogen and oxygen atoms in total. The van der Waals surface area contributed by atoms with E-state index in [0.717, 1.165) is 5.56 Å². The molecule has 0 radical (unpaired) electrons. The average molecular weight is 400 g/mol. The van der Waals surface area contributed by atoms with Gasteiger partial charge >= 0.3 is 0 Å². The summed E-state index contributed by atoms with van der Waals surface area (Å²) < 4.78 is 46.8. The molecule has 140 valence electrons. The third-order valence-electron chi connectivity index (χ3n) is 4.34. The number of hydrogen-bond acceptors (Lipinski definition) is 6. The summed E-state index contributed by atoms with van der Waals surface area (Å²) in [6.45, 7) is 1.22. The predicted molar refractivity (Wildman–Crippen MR) is 93.1 cm³/mol. The van der Waals surface area contributed by atoms with Gasteiger partial charge in [0.2, 0.25) is 10.0 Å². The summed E-state index contributed by atoms with van der Waals surface area (Å²) in [5, 5.41) is 4.20. The maximum Gasteiger partial charge on any atom is 0.242 e. The van der Waals surface area contributed by atoms with E-state index in [4.69, 9.17) is 25.8 Å². The van der Waals surface area contributed by atoms with Crippen LogP contribution >= 0.6 is 11.6 Å². The molecular formula is C16H18ClN3O5S. The van der Waals surface area contributed by atoms with Crippen LogP contribution < -0.4 is 14.2 Å². The molecule has 2 aliphatic rings. The van der Waals surface area contributed by atoms with Gasteiger partial charge in [0.25, 0.3) is 0 Å². The van der Waals surface area contributed by atoms with Crippen LogP contribution in [0, 0.1) is 0 Å². The summed E-state index contributed by atoms with van der Waals surface area (Å²) in [4.78, 5) is -0.0414. The van der Waals surface area contributed by atoms with Crippen LogP contribution in [-0.2, 0) is 21.8 Å². The van der Waals surface area contributed by atoms with E-state index in [9.17, 15) is 8.42 Å². The minimum atomic E-state index is -3.87. The highest BCUT2D eigenvalue weighted by molar-refractivity contribution is 7.89. The van der Waals surface area contributed by atoms with Crippen molar-refractivity contribution in [2.24, 2.45) is 7.05 Å². The molecule has 2 atom stereocenters. The molecule has 4 rings (SSSR count). The lowest BCUT2D eigenvalue weighted by Gasteiger charge is -2.22. The number of benzene rings is 1. The van der Waals surface area contributed by atoms with Crippen molar-refractivity contribution in [1.82, 2.24) is 14.5 Å². The Morgan fingerprint density at radius 3 is 2.65 bits per heavy atom. The van der Waals surface area contributed by atoms with E-state index in [1.165, 1.54) is 12.1 Å². The molecule has 10 heteroatoms. The van der Waals surface area contributed by atoms with Gasteiger partial charge in [-0.25, -0.2) is 13.1 Å². The Balaban J connectivity index is 1.61. The molecule has 1 aromatic carbocycles. The van der Waals surface area contributed by atoms with Crippen molar-refractivity contribution >= 4 is 21.6 Å². The molecular weight excluding hydrogens is 382 g/mol. The highest BCUT2D eigenvalue weighted by atomic mass is 35.5. The summed E-state index contributed by atoms with van der Waals surface area (Å²) in [5.41, 5.74) is 0.825. The summed E-state index contributed by atoms with van der Waals surface area (Å²) in [7, 11) is -2.07. The van der Waals surface area contributed by atoms with Crippen LogP contribution in [0.2, 0.25) is 5.02 Å². The topological polar surface area (TPSA) is 91.7 Å². The number of aromatic nitrogens is 2. The Labute approximate surface area is 156 Å². The van der Waals surface area contributed by atoms with Crippen molar-refractivity contribution < 1.29 is 22.6 Å².